The standard InChI is InChI=1S/C29H23F11N2O2/c30-19-10-18(11-21(13-19)44-29(39,40)24(32)33)27(14-16-4-2-1-3-5-16,17-6-7-23(31)22(12-17)28(36,37)38)42-25(43)41-20-8-9-26(34,35)15-20/h1-7,10-13,20,24H,8-9,14-15H2,(H2,41,42,43)/t20-,27+/m0/s1. The molecule has 1 aliphatic rings. The lowest BCUT2D eigenvalue weighted by atomic mass is 9.77. The van der Waals surface area contributed by atoms with Crippen molar-refractivity contribution in [1.29, 1.82) is 0 Å². The predicted molar refractivity (Wildman–Crippen MR) is 135 cm³/mol. The second-order valence-electron chi connectivity index (χ2n) is 10.3. The molecule has 0 aliphatic heterocycles. The van der Waals surface area contributed by atoms with Gasteiger partial charge in [-0.3, -0.25) is 0 Å². The number of ether oxygens (including phenoxy) is 1. The molecule has 4 nitrogen and oxygen atoms in total. The molecule has 3 aromatic rings. The molecule has 0 heterocycles. The zero-order chi connectivity index (χ0) is 32.5. The lowest BCUT2D eigenvalue weighted by Crippen LogP contribution is -2.54. The molecule has 0 saturated heterocycles. The van der Waals surface area contributed by atoms with Gasteiger partial charge < -0.3 is 15.4 Å². The first kappa shape index (κ1) is 32.9. The number of carbonyl (C=O) groups is 1. The van der Waals surface area contributed by atoms with Crippen LogP contribution < -0.4 is 15.4 Å². The number of rotatable bonds is 9. The van der Waals surface area contributed by atoms with Crippen LogP contribution in [0.1, 0.15) is 41.5 Å². The van der Waals surface area contributed by atoms with Crippen LogP contribution in [-0.2, 0) is 18.1 Å². The summed E-state index contributed by atoms with van der Waals surface area (Å²) in [6, 6.07) is 8.19. The van der Waals surface area contributed by atoms with Gasteiger partial charge in [-0.15, -0.1) is 0 Å². The molecule has 1 fully saturated rings. The Labute approximate surface area is 243 Å². The Morgan fingerprint density at radius 1 is 0.932 bits per heavy atom. The number of halogens is 11. The molecule has 238 valence electrons. The summed E-state index contributed by atoms with van der Waals surface area (Å²) in [7, 11) is 0. The number of hydrogen-bond acceptors (Lipinski definition) is 2. The van der Waals surface area contributed by atoms with Crippen LogP contribution in [0, 0.1) is 11.6 Å². The van der Waals surface area contributed by atoms with E-state index in [1.807, 2.05) is 0 Å². The number of carbonyl (C=O) groups excluding carboxylic acids is 1. The minimum Gasteiger partial charge on any atom is -0.428 e. The van der Waals surface area contributed by atoms with Crippen molar-refractivity contribution in [2.45, 2.75) is 61.9 Å². The molecular formula is C29H23F11N2O2. The van der Waals surface area contributed by atoms with E-state index in [2.05, 4.69) is 15.4 Å². The molecule has 44 heavy (non-hydrogen) atoms. The van der Waals surface area contributed by atoms with Crippen molar-refractivity contribution in [3.05, 3.63) is 101 Å². The maximum atomic E-state index is 14.9. The quantitative estimate of drug-likeness (QED) is 0.232. The molecular weight excluding hydrogens is 617 g/mol. The van der Waals surface area contributed by atoms with Crippen LogP contribution in [0.15, 0.2) is 66.7 Å². The SMILES string of the molecule is O=C(N[C@H]1CCC(F)(F)C1)N[C@@](Cc1ccccc1)(c1cc(F)cc(OC(F)(F)C(F)F)c1)c1ccc(F)c(C(F)(F)F)c1. The molecule has 0 unspecified atom stereocenters. The van der Waals surface area contributed by atoms with E-state index in [0.29, 0.717) is 30.3 Å². The van der Waals surface area contributed by atoms with Gasteiger partial charge in [-0.1, -0.05) is 36.4 Å². The highest BCUT2D eigenvalue weighted by Crippen LogP contribution is 2.41. The molecule has 0 bridgehead atoms. The smallest absolute Gasteiger partial charge is 0.428 e. The molecule has 2 atom stereocenters. The second-order valence-corrected chi connectivity index (χ2v) is 10.3. The number of amides is 2. The molecule has 4 rings (SSSR count). The van der Waals surface area contributed by atoms with Gasteiger partial charge in [0, 0.05) is 31.4 Å². The summed E-state index contributed by atoms with van der Waals surface area (Å²) in [6.07, 6.45) is -16.8. The third kappa shape index (κ3) is 7.53. The predicted octanol–water partition coefficient (Wildman–Crippen LogP) is 8.19. The molecule has 2 N–H and O–H groups in total. The van der Waals surface area contributed by atoms with Crippen LogP contribution in [0.25, 0.3) is 0 Å². The number of benzene rings is 3. The third-order valence-electron chi connectivity index (χ3n) is 7.01. The van der Waals surface area contributed by atoms with Crippen LogP contribution in [0.5, 0.6) is 5.75 Å². The van der Waals surface area contributed by atoms with Crippen molar-refractivity contribution < 1.29 is 57.8 Å². The van der Waals surface area contributed by atoms with Crippen molar-refractivity contribution in [1.82, 2.24) is 10.6 Å². The topological polar surface area (TPSA) is 50.4 Å². The Balaban J connectivity index is 1.94. The van der Waals surface area contributed by atoms with Gasteiger partial charge in [0.05, 0.1) is 11.1 Å². The minimum absolute atomic E-state index is 0.165. The summed E-state index contributed by atoms with van der Waals surface area (Å²) < 4.78 is 156. The Bertz CT molecular complexity index is 1480. The van der Waals surface area contributed by atoms with Crippen molar-refractivity contribution in [2.24, 2.45) is 0 Å². The molecule has 1 aliphatic carbocycles. The summed E-state index contributed by atoms with van der Waals surface area (Å²) in [5.41, 5.74) is -5.03. The fourth-order valence-corrected chi connectivity index (χ4v) is 5.03. The van der Waals surface area contributed by atoms with Crippen molar-refractivity contribution in [2.75, 3.05) is 0 Å². The van der Waals surface area contributed by atoms with E-state index < -0.39 is 95.6 Å². The van der Waals surface area contributed by atoms with Gasteiger partial charge in [0.15, 0.2) is 0 Å². The van der Waals surface area contributed by atoms with Crippen LogP contribution >= 0.6 is 0 Å². The number of nitrogens with one attached hydrogen (secondary N) is 2. The lowest BCUT2D eigenvalue weighted by molar-refractivity contribution is -0.253. The van der Waals surface area contributed by atoms with Gasteiger partial charge in [-0.05, 0) is 47.4 Å². The number of hydrogen-bond donors (Lipinski definition) is 2. The molecule has 2 amide bonds. The molecule has 0 spiro atoms. The maximum Gasteiger partial charge on any atom is 0.461 e. The van der Waals surface area contributed by atoms with E-state index in [4.69, 9.17) is 0 Å². The molecule has 1 saturated carbocycles. The maximum absolute atomic E-state index is 14.9. The zero-order valence-corrected chi connectivity index (χ0v) is 22.3. The number of urea groups is 1. The lowest BCUT2D eigenvalue weighted by Gasteiger charge is -2.37. The summed E-state index contributed by atoms with van der Waals surface area (Å²) >= 11 is 0. The fourth-order valence-electron chi connectivity index (χ4n) is 5.03. The van der Waals surface area contributed by atoms with Crippen LogP contribution in [0.2, 0.25) is 0 Å². The Morgan fingerprint density at radius 3 is 2.20 bits per heavy atom. The Hall–Kier alpha value is -4.04. The van der Waals surface area contributed by atoms with Crippen molar-refractivity contribution in [3.63, 3.8) is 0 Å². The largest absolute Gasteiger partial charge is 0.461 e. The van der Waals surface area contributed by atoms with Crippen LogP contribution in [-0.4, -0.2) is 30.5 Å². The van der Waals surface area contributed by atoms with Gasteiger partial charge in [0.1, 0.15) is 17.4 Å². The first-order valence-electron chi connectivity index (χ1n) is 12.9. The Morgan fingerprint density at radius 2 is 1.61 bits per heavy atom. The highest BCUT2D eigenvalue weighted by Gasteiger charge is 2.46. The first-order chi connectivity index (χ1) is 20.4. The van der Waals surface area contributed by atoms with Gasteiger partial charge >= 0.3 is 24.7 Å². The summed E-state index contributed by atoms with van der Waals surface area (Å²) in [5, 5.41) is 4.64. The van der Waals surface area contributed by atoms with E-state index >= 15 is 0 Å². The van der Waals surface area contributed by atoms with E-state index in [1.54, 1.807) is 6.07 Å². The average Bonchev–Trinajstić information content (AvgIpc) is 3.25. The summed E-state index contributed by atoms with van der Waals surface area (Å²) in [4.78, 5) is 13.3. The minimum atomic E-state index is -5.27. The average molecular weight is 640 g/mol. The zero-order valence-electron chi connectivity index (χ0n) is 22.3. The highest BCUT2D eigenvalue weighted by atomic mass is 19.4. The van der Waals surface area contributed by atoms with Gasteiger partial charge in [0.2, 0.25) is 5.92 Å². The van der Waals surface area contributed by atoms with E-state index in [9.17, 15) is 53.1 Å². The molecule has 0 radical (unpaired) electrons. The molecule has 15 heteroatoms. The molecule has 0 aromatic heterocycles. The van der Waals surface area contributed by atoms with E-state index in [0.717, 1.165) is 6.07 Å². The van der Waals surface area contributed by atoms with Crippen LogP contribution in [0.3, 0.4) is 0 Å². The third-order valence-corrected chi connectivity index (χ3v) is 7.01. The Kier molecular flexibility index (Phi) is 9.08. The van der Waals surface area contributed by atoms with E-state index in [1.165, 1.54) is 24.3 Å². The molecule has 3 aromatic carbocycles. The van der Waals surface area contributed by atoms with Gasteiger partial charge in [0.25, 0.3) is 0 Å². The van der Waals surface area contributed by atoms with Crippen molar-refractivity contribution in [3.8, 4) is 5.75 Å². The van der Waals surface area contributed by atoms with Gasteiger partial charge in [-0.2, -0.15) is 30.7 Å². The van der Waals surface area contributed by atoms with Gasteiger partial charge in [-0.25, -0.2) is 22.4 Å². The van der Waals surface area contributed by atoms with Crippen LogP contribution in [0.4, 0.5) is 53.1 Å². The fraction of sp³-hybridized carbons (Fsp3) is 0.345. The second kappa shape index (κ2) is 12.2. The van der Waals surface area contributed by atoms with Crippen molar-refractivity contribution >= 4 is 6.03 Å². The monoisotopic (exact) mass is 640 g/mol. The first-order valence-corrected chi connectivity index (χ1v) is 12.9. The summed E-state index contributed by atoms with van der Waals surface area (Å²) in [5.74, 6) is -7.38. The number of alkyl halides is 9. The highest BCUT2D eigenvalue weighted by molar-refractivity contribution is 5.76. The normalized spacial score (nSPS) is 18.1. The van der Waals surface area contributed by atoms with E-state index in [-0.39, 0.29) is 12.0 Å². The summed E-state index contributed by atoms with van der Waals surface area (Å²) in [6.45, 7) is 0.